The van der Waals surface area contributed by atoms with Gasteiger partial charge >= 0.3 is 5.69 Å². The zero-order valence-electron chi connectivity index (χ0n) is 13.1. The summed E-state index contributed by atoms with van der Waals surface area (Å²) in [6, 6.07) is 4.37. The second-order valence-electron chi connectivity index (χ2n) is 5.05. The first-order valence-corrected chi connectivity index (χ1v) is 7.23. The maximum atomic E-state index is 14.1. The fourth-order valence-corrected chi connectivity index (χ4v) is 2.37. The number of nitro groups is 1. The Morgan fingerprint density at radius 2 is 1.92 bits per heavy atom. The zero-order valence-corrected chi connectivity index (χ0v) is 13.1. The highest BCUT2D eigenvalue weighted by atomic mass is 19.1. The van der Waals surface area contributed by atoms with Crippen LogP contribution in [0, 0.1) is 21.7 Å². The Hall–Kier alpha value is -3.10. The molecule has 2 aromatic carbocycles. The van der Waals surface area contributed by atoms with Gasteiger partial charge in [0.25, 0.3) is 0 Å². The third-order valence-corrected chi connectivity index (χ3v) is 3.56. The molecule has 1 heterocycles. The molecule has 1 aliphatic heterocycles. The molecule has 0 unspecified atom stereocenters. The molecule has 0 saturated heterocycles. The van der Waals surface area contributed by atoms with Crippen LogP contribution in [0.4, 0.5) is 14.5 Å². The lowest BCUT2D eigenvalue weighted by atomic mass is 10.1. The monoisotopic (exact) mass is 353 g/mol. The van der Waals surface area contributed by atoms with Gasteiger partial charge in [0.15, 0.2) is 23.0 Å². The molecule has 0 radical (unpaired) electrons. The molecule has 0 bridgehead atoms. The summed E-state index contributed by atoms with van der Waals surface area (Å²) in [5.41, 5.74) is -0.683. The number of nitro benzene ring substituents is 1. The fourth-order valence-electron chi connectivity index (χ4n) is 2.37. The van der Waals surface area contributed by atoms with Gasteiger partial charge in [-0.15, -0.1) is 0 Å². The molecule has 0 atom stereocenters. The predicted octanol–water partition coefficient (Wildman–Crippen LogP) is 3.23. The van der Waals surface area contributed by atoms with Crippen LogP contribution in [0.1, 0.15) is 5.56 Å². The number of benzene rings is 2. The number of rotatable bonds is 5. The molecule has 0 aromatic heterocycles. The normalized spacial score (nSPS) is 12.6. The van der Waals surface area contributed by atoms with Crippen molar-refractivity contribution >= 4 is 5.69 Å². The van der Waals surface area contributed by atoms with Crippen molar-refractivity contribution in [2.24, 2.45) is 0 Å². The number of halogens is 2. The molecule has 2 aromatic rings. The van der Waals surface area contributed by atoms with E-state index < -0.39 is 22.2 Å². The van der Waals surface area contributed by atoms with Gasteiger partial charge in [-0.2, -0.15) is 4.39 Å². The van der Waals surface area contributed by atoms with Gasteiger partial charge in [-0.25, -0.2) is 4.39 Å². The van der Waals surface area contributed by atoms with Crippen LogP contribution in [0.3, 0.4) is 0 Å². The molecule has 132 valence electrons. The molecule has 0 N–H and O–H groups in total. The topological polar surface area (TPSA) is 80.1 Å². The number of fused-ring (bicyclic) bond motifs is 1. The van der Waals surface area contributed by atoms with Gasteiger partial charge in [-0.05, 0) is 12.1 Å². The summed E-state index contributed by atoms with van der Waals surface area (Å²) in [6.07, 6.45) is 0. The smallest absolute Gasteiger partial charge is 0.308 e. The van der Waals surface area contributed by atoms with Crippen molar-refractivity contribution in [1.82, 2.24) is 0 Å². The summed E-state index contributed by atoms with van der Waals surface area (Å²) >= 11 is 0. The molecule has 3 rings (SSSR count). The Kier molecular flexibility index (Phi) is 4.55. The molecular formula is C16H13F2NO6. The maximum Gasteiger partial charge on any atom is 0.308 e. The van der Waals surface area contributed by atoms with Crippen LogP contribution in [0.2, 0.25) is 0 Å². The van der Waals surface area contributed by atoms with Crippen LogP contribution in [-0.2, 0) is 6.61 Å². The highest BCUT2D eigenvalue weighted by Crippen LogP contribution is 2.38. The summed E-state index contributed by atoms with van der Waals surface area (Å²) in [4.78, 5) is 9.98. The summed E-state index contributed by atoms with van der Waals surface area (Å²) < 4.78 is 48.9. The maximum absolute atomic E-state index is 14.1. The van der Waals surface area contributed by atoms with Crippen molar-refractivity contribution in [2.75, 3.05) is 20.3 Å². The van der Waals surface area contributed by atoms with Gasteiger partial charge in [-0.3, -0.25) is 10.1 Å². The second-order valence-corrected chi connectivity index (χ2v) is 5.05. The Morgan fingerprint density at radius 1 is 1.16 bits per heavy atom. The van der Waals surface area contributed by atoms with E-state index in [0.717, 1.165) is 12.1 Å². The largest absolute Gasteiger partial charge is 0.493 e. The summed E-state index contributed by atoms with van der Waals surface area (Å²) in [6.45, 7) is 0.295. The van der Waals surface area contributed by atoms with Gasteiger partial charge in [0.05, 0.1) is 23.7 Å². The minimum absolute atomic E-state index is 0.0505. The van der Waals surface area contributed by atoms with E-state index in [1.807, 2.05) is 0 Å². The molecule has 0 saturated carbocycles. The van der Waals surface area contributed by atoms with Crippen LogP contribution in [0.5, 0.6) is 23.0 Å². The molecule has 7 nitrogen and oxygen atoms in total. The Balaban J connectivity index is 1.92. The van der Waals surface area contributed by atoms with Crippen LogP contribution in [0.25, 0.3) is 0 Å². The van der Waals surface area contributed by atoms with Gasteiger partial charge in [0.1, 0.15) is 25.6 Å². The Morgan fingerprint density at radius 3 is 2.64 bits per heavy atom. The first-order valence-electron chi connectivity index (χ1n) is 7.23. The van der Waals surface area contributed by atoms with Gasteiger partial charge in [-0.1, -0.05) is 0 Å². The molecule has 1 aliphatic rings. The minimum Gasteiger partial charge on any atom is -0.493 e. The zero-order chi connectivity index (χ0) is 18.0. The van der Waals surface area contributed by atoms with E-state index in [-0.39, 0.29) is 36.0 Å². The predicted molar refractivity (Wildman–Crippen MR) is 81.3 cm³/mol. The van der Waals surface area contributed by atoms with Crippen LogP contribution >= 0.6 is 0 Å². The van der Waals surface area contributed by atoms with Crippen molar-refractivity contribution in [1.29, 1.82) is 0 Å². The summed E-state index contributed by atoms with van der Waals surface area (Å²) in [5.74, 6) is -1.20. The average molecular weight is 353 g/mol. The van der Waals surface area contributed by atoms with E-state index in [0.29, 0.717) is 12.4 Å². The Bertz CT molecular complexity index is 827. The standard InChI is InChI=1S/C16H13F2NO6/c1-22-14-6-11(18)12(19(20)21)7-15(14)25-8-9-10(17)2-3-13-16(9)24-5-4-23-13/h2-3,6-7H,4-5,8H2,1H3. The number of hydrogen-bond donors (Lipinski definition) is 0. The first kappa shape index (κ1) is 16.7. The number of hydrogen-bond acceptors (Lipinski definition) is 6. The lowest BCUT2D eigenvalue weighted by molar-refractivity contribution is -0.387. The van der Waals surface area contributed by atoms with E-state index in [9.17, 15) is 18.9 Å². The molecule has 0 fully saturated rings. The van der Waals surface area contributed by atoms with E-state index in [4.69, 9.17) is 18.9 Å². The second kappa shape index (κ2) is 6.80. The average Bonchev–Trinajstić information content (AvgIpc) is 2.61. The minimum atomic E-state index is -1.06. The van der Waals surface area contributed by atoms with Crippen molar-refractivity contribution in [2.45, 2.75) is 6.61 Å². The molecule has 0 aliphatic carbocycles. The number of nitrogens with zero attached hydrogens (tertiary/aromatic N) is 1. The lowest BCUT2D eigenvalue weighted by Gasteiger charge is -2.21. The van der Waals surface area contributed by atoms with Crippen molar-refractivity contribution < 1.29 is 32.7 Å². The third-order valence-electron chi connectivity index (χ3n) is 3.56. The van der Waals surface area contributed by atoms with Crippen molar-refractivity contribution in [3.05, 3.63) is 51.6 Å². The van der Waals surface area contributed by atoms with Crippen molar-refractivity contribution in [3.63, 3.8) is 0 Å². The summed E-state index contributed by atoms with van der Waals surface area (Å²) in [5, 5.41) is 10.9. The van der Waals surface area contributed by atoms with Gasteiger partial charge in [0, 0.05) is 6.07 Å². The van der Waals surface area contributed by atoms with Crippen LogP contribution < -0.4 is 18.9 Å². The van der Waals surface area contributed by atoms with Crippen LogP contribution in [0.15, 0.2) is 24.3 Å². The third kappa shape index (κ3) is 3.25. The molecule has 0 spiro atoms. The summed E-state index contributed by atoms with van der Waals surface area (Å²) in [7, 11) is 1.26. The Labute approximate surface area is 140 Å². The quantitative estimate of drug-likeness (QED) is 0.606. The van der Waals surface area contributed by atoms with E-state index in [1.54, 1.807) is 0 Å². The number of ether oxygens (including phenoxy) is 4. The van der Waals surface area contributed by atoms with Gasteiger partial charge in [0.2, 0.25) is 5.82 Å². The first-order chi connectivity index (χ1) is 12.0. The van der Waals surface area contributed by atoms with Crippen LogP contribution in [-0.4, -0.2) is 25.2 Å². The fraction of sp³-hybridized carbons (Fsp3) is 0.250. The number of methoxy groups -OCH3 is 1. The van der Waals surface area contributed by atoms with Gasteiger partial charge < -0.3 is 18.9 Å². The molecule has 0 amide bonds. The molecular weight excluding hydrogens is 340 g/mol. The lowest BCUT2D eigenvalue weighted by Crippen LogP contribution is -2.17. The van der Waals surface area contributed by atoms with E-state index >= 15 is 0 Å². The van der Waals surface area contributed by atoms with Crippen molar-refractivity contribution in [3.8, 4) is 23.0 Å². The highest BCUT2D eigenvalue weighted by molar-refractivity contribution is 5.51. The SMILES string of the molecule is COc1cc(F)c([N+](=O)[O-])cc1OCc1c(F)ccc2c1OCCO2. The molecule has 25 heavy (non-hydrogen) atoms. The van der Waals surface area contributed by atoms with E-state index in [2.05, 4.69) is 0 Å². The van der Waals surface area contributed by atoms with E-state index in [1.165, 1.54) is 19.2 Å². The molecule has 9 heteroatoms. The highest BCUT2D eigenvalue weighted by Gasteiger charge is 2.23.